The molecule has 0 amide bonds. The van der Waals surface area contributed by atoms with Gasteiger partial charge in [0.15, 0.2) is 0 Å². The van der Waals surface area contributed by atoms with E-state index in [1.165, 1.54) is 5.56 Å². The predicted octanol–water partition coefficient (Wildman–Crippen LogP) is 2.04. The van der Waals surface area contributed by atoms with Gasteiger partial charge >= 0.3 is 0 Å². The van der Waals surface area contributed by atoms with Crippen molar-refractivity contribution < 1.29 is 0 Å². The third-order valence-corrected chi connectivity index (χ3v) is 3.34. The lowest BCUT2D eigenvalue weighted by atomic mass is 10.1. The van der Waals surface area contributed by atoms with E-state index in [1.54, 1.807) is 11.3 Å². The number of aryl methyl sites for hydroxylation is 2. The Bertz CT molecular complexity index is 447. The molecule has 0 aliphatic carbocycles. The molecule has 0 saturated carbocycles. The molecule has 86 valence electrons. The molecule has 0 aliphatic rings. The first-order valence-electron chi connectivity index (χ1n) is 5.28. The highest BCUT2D eigenvalue weighted by atomic mass is 32.1. The fraction of sp³-hybridized carbons (Fsp3) is 0.455. The van der Waals surface area contributed by atoms with Gasteiger partial charge in [-0.2, -0.15) is 5.10 Å². The molecule has 1 atom stereocenters. The average Bonchev–Trinajstić information content (AvgIpc) is 2.84. The maximum absolute atomic E-state index is 4.34. The number of hydrogen-bond acceptors (Lipinski definition) is 4. The first kappa shape index (κ1) is 11.3. The number of rotatable bonds is 4. The molecule has 0 aliphatic heterocycles. The average molecular weight is 236 g/mol. The molecule has 1 N–H and O–H groups in total. The second kappa shape index (κ2) is 4.76. The van der Waals surface area contributed by atoms with E-state index in [0.29, 0.717) is 6.04 Å². The highest BCUT2D eigenvalue weighted by Gasteiger charge is 2.11. The third-order valence-electron chi connectivity index (χ3n) is 2.56. The summed E-state index contributed by atoms with van der Waals surface area (Å²) in [6.07, 6.45) is 3.90. The first-order valence-corrected chi connectivity index (χ1v) is 6.16. The van der Waals surface area contributed by atoms with Crippen molar-refractivity contribution >= 4 is 11.3 Å². The number of hydrogen-bond donors (Lipinski definition) is 1. The summed E-state index contributed by atoms with van der Waals surface area (Å²) in [5, 5.41) is 10.9. The molecule has 0 bridgehead atoms. The number of nitrogens with one attached hydrogen (secondary N) is 1. The Kier molecular flexibility index (Phi) is 3.36. The summed E-state index contributed by atoms with van der Waals surface area (Å²) in [5.41, 5.74) is 2.33. The van der Waals surface area contributed by atoms with Gasteiger partial charge < -0.3 is 5.32 Å². The van der Waals surface area contributed by atoms with Crippen molar-refractivity contribution in [2.75, 3.05) is 0 Å². The van der Waals surface area contributed by atoms with Crippen molar-refractivity contribution in [1.29, 1.82) is 0 Å². The Morgan fingerprint density at radius 2 is 2.38 bits per heavy atom. The van der Waals surface area contributed by atoms with Gasteiger partial charge in [-0.1, -0.05) is 0 Å². The van der Waals surface area contributed by atoms with Crippen LogP contribution in [0.4, 0.5) is 0 Å². The zero-order valence-corrected chi connectivity index (χ0v) is 10.6. The number of thiazole rings is 1. The summed E-state index contributed by atoms with van der Waals surface area (Å²) in [4.78, 5) is 4.24. The molecule has 0 aromatic carbocycles. The number of aromatic nitrogens is 3. The van der Waals surface area contributed by atoms with Gasteiger partial charge in [-0.3, -0.25) is 4.68 Å². The van der Waals surface area contributed by atoms with Crippen LogP contribution >= 0.6 is 11.3 Å². The van der Waals surface area contributed by atoms with Crippen molar-refractivity contribution in [3.63, 3.8) is 0 Å². The Morgan fingerprint density at radius 1 is 1.56 bits per heavy atom. The quantitative estimate of drug-likeness (QED) is 0.883. The molecular weight excluding hydrogens is 220 g/mol. The van der Waals surface area contributed by atoms with Crippen LogP contribution in [0.15, 0.2) is 17.8 Å². The van der Waals surface area contributed by atoms with Gasteiger partial charge in [-0.15, -0.1) is 11.3 Å². The molecule has 16 heavy (non-hydrogen) atoms. The van der Waals surface area contributed by atoms with Gasteiger partial charge in [0, 0.05) is 43.0 Å². The maximum Gasteiger partial charge on any atom is 0.106 e. The molecule has 0 spiro atoms. The van der Waals surface area contributed by atoms with E-state index in [0.717, 1.165) is 17.2 Å². The van der Waals surface area contributed by atoms with Gasteiger partial charge in [0.1, 0.15) is 5.01 Å². The van der Waals surface area contributed by atoms with Crippen LogP contribution in [0, 0.1) is 6.92 Å². The van der Waals surface area contributed by atoms with E-state index in [-0.39, 0.29) is 0 Å². The Morgan fingerprint density at radius 3 is 2.94 bits per heavy atom. The summed E-state index contributed by atoms with van der Waals surface area (Å²) in [6, 6.07) is 0.303. The standard InChI is InChI=1S/C11H16N4S/c1-8(10-7-15(3)14-9(10)2)13-6-11-12-4-5-16-11/h4-5,7-8,13H,6H2,1-3H3. The summed E-state index contributed by atoms with van der Waals surface area (Å²) in [6.45, 7) is 5.00. The van der Waals surface area contributed by atoms with Crippen molar-refractivity contribution in [2.45, 2.75) is 26.4 Å². The maximum atomic E-state index is 4.34. The molecule has 0 fully saturated rings. The lowest BCUT2D eigenvalue weighted by Crippen LogP contribution is -2.18. The minimum atomic E-state index is 0.303. The highest BCUT2D eigenvalue weighted by Crippen LogP contribution is 2.16. The largest absolute Gasteiger partial charge is 0.304 e. The normalized spacial score (nSPS) is 12.9. The minimum Gasteiger partial charge on any atom is -0.304 e. The van der Waals surface area contributed by atoms with Crippen LogP contribution in [-0.2, 0) is 13.6 Å². The minimum absolute atomic E-state index is 0.303. The summed E-state index contributed by atoms with van der Waals surface area (Å²) in [5.74, 6) is 0. The Labute approximate surface area is 99.3 Å². The second-order valence-electron chi connectivity index (χ2n) is 3.87. The lowest BCUT2D eigenvalue weighted by Gasteiger charge is -2.11. The molecule has 4 nitrogen and oxygen atoms in total. The zero-order valence-electron chi connectivity index (χ0n) is 9.77. The van der Waals surface area contributed by atoms with Gasteiger partial charge in [0.05, 0.1) is 5.69 Å². The molecule has 5 heteroatoms. The SMILES string of the molecule is Cc1nn(C)cc1C(C)NCc1nccs1. The topological polar surface area (TPSA) is 42.7 Å². The smallest absolute Gasteiger partial charge is 0.106 e. The van der Waals surface area contributed by atoms with Gasteiger partial charge in [-0.25, -0.2) is 4.98 Å². The molecule has 1 unspecified atom stereocenters. The zero-order chi connectivity index (χ0) is 11.5. The van der Waals surface area contributed by atoms with Crippen molar-refractivity contribution in [1.82, 2.24) is 20.1 Å². The summed E-state index contributed by atoms with van der Waals surface area (Å²) < 4.78 is 1.85. The molecule has 2 rings (SSSR count). The van der Waals surface area contributed by atoms with Crippen LogP contribution in [0.1, 0.15) is 29.2 Å². The van der Waals surface area contributed by atoms with Crippen molar-refractivity contribution in [2.24, 2.45) is 7.05 Å². The van der Waals surface area contributed by atoms with Crippen LogP contribution in [0.25, 0.3) is 0 Å². The van der Waals surface area contributed by atoms with Crippen LogP contribution in [-0.4, -0.2) is 14.8 Å². The molecule has 0 saturated heterocycles. The fourth-order valence-corrected chi connectivity index (χ4v) is 2.30. The molecule has 0 radical (unpaired) electrons. The van der Waals surface area contributed by atoms with E-state index in [1.807, 2.05) is 30.2 Å². The lowest BCUT2D eigenvalue weighted by molar-refractivity contribution is 0.570. The Hall–Kier alpha value is -1.20. The summed E-state index contributed by atoms with van der Waals surface area (Å²) in [7, 11) is 1.95. The third kappa shape index (κ3) is 2.48. The van der Waals surface area contributed by atoms with E-state index < -0.39 is 0 Å². The first-order chi connectivity index (χ1) is 7.66. The van der Waals surface area contributed by atoms with Gasteiger partial charge in [-0.05, 0) is 13.8 Å². The van der Waals surface area contributed by atoms with Crippen LogP contribution in [0.3, 0.4) is 0 Å². The molecular formula is C11H16N4S. The second-order valence-corrected chi connectivity index (χ2v) is 4.85. The van der Waals surface area contributed by atoms with Crippen LogP contribution in [0.2, 0.25) is 0 Å². The highest BCUT2D eigenvalue weighted by molar-refractivity contribution is 7.09. The van der Waals surface area contributed by atoms with Crippen molar-refractivity contribution in [3.05, 3.63) is 34.0 Å². The predicted molar refractivity (Wildman–Crippen MR) is 65.3 cm³/mol. The van der Waals surface area contributed by atoms with Crippen LogP contribution < -0.4 is 5.32 Å². The summed E-state index contributed by atoms with van der Waals surface area (Å²) >= 11 is 1.68. The van der Waals surface area contributed by atoms with E-state index in [2.05, 4.69) is 28.5 Å². The fourth-order valence-electron chi connectivity index (χ4n) is 1.73. The van der Waals surface area contributed by atoms with E-state index >= 15 is 0 Å². The van der Waals surface area contributed by atoms with Crippen molar-refractivity contribution in [3.8, 4) is 0 Å². The monoisotopic (exact) mass is 236 g/mol. The molecule has 2 aromatic rings. The van der Waals surface area contributed by atoms with Gasteiger partial charge in [0.25, 0.3) is 0 Å². The molecule has 2 aromatic heterocycles. The Balaban J connectivity index is 1.98. The van der Waals surface area contributed by atoms with Crippen LogP contribution in [0.5, 0.6) is 0 Å². The van der Waals surface area contributed by atoms with E-state index in [4.69, 9.17) is 0 Å². The van der Waals surface area contributed by atoms with Gasteiger partial charge in [0.2, 0.25) is 0 Å². The number of nitrogens with zero attached hydrogens (tertiary/aromatic N) is 3. The molecule has 2 heterocycles. The van der Waals surface area contributed by atoms with E-state index in [9.17, 15) is 0 Å².